The van der Waals surface area contributed by atoms with Crippen LogP contribution in [0.1, 0.15) is 23.0 Å². The van der Waals surface area contributed by atoms with Crippen LogP contribution in [0.3, 0.4) is 0 Å². The molecular formula is C18H14N2O2S. The van der Waals surface area contributed by atoms with Crippen molar-refractivity contribution in [2.75, 3.05) is 0 Å². The molecule has 3 aromatic rings. The molecule has 0 saturated carbocycles. The van der Waals surface area contributed by atoms with E-state index in [-0.39, 0.29) is 5.78 Å². The van der Waals surface area contributed by atoms with Crippen LogP contribution in [0.2, 0.25) is 0 Å². The molecule has 1 aromatic carbocycles. The van der Waals surface area contributed by atoms with Crippen LogP contribution in [0.4, 0.5) is 5.69 Å². The lowest BCUT2D eigenvalue weighted by atomic mass is 10.1. The van der Waals surface area contributed by atoms with E-state index in [1.807, 2.05) is 42.5 Å². The summed E-state index contributed by atoms with van der Waals surface area (Å²) in [6, 6.07) is 16.6. The van der Waals surface area contributed by atoms with Gasteiger partial charge in [0.2, 0.25) is 0 Å². The fraction of sp³-hybridized carbons (Fsp3) is 0.0556. The summed E-state index contributed by atoms with van der Waals surface area (Å²) in [5.74, 6) is 0.672. The van der Waals surface area contributed by atoms with E-state index in [9.17, 15) is 4.79 Å². The van der Waals surface area contributed by atoms with Crippen molar-refractivity contribution in [3.05, 3.63) is 72.1 Å². The van der Waals surface area contributed by atoms with Crippen molar-refractivity contribution in [1.82, 2.24) is 4.98 Å². The first-order chi connectivity index (χ1) is 11.2. The lowest BCUT2D eigenvalue weighted by Crippen LogP contribution is -1.89. The van der Waals surface area contributed by atoms with E-state index in [4.69, 9.17) is 4.42 Å². The fourth-order valence-electron chi connectivity index (χ4n) is 1.91. The van der Waals surface area contributed by atoms with E-state index in [0.29, 0.717) is 17.0 Å². The smallest absolute Gasteiger partial charge is 0.167 e. The number of hydrogen-bond donors (Lipinski definition) is 0. The van der Waals surface area contributed by atoms with E-state index in [0.717, 1.165) is 10.1 Å². The number of ketones is 1. The van der Waals surface area contributed by atoms with Gasteiger partial charge in [0.25, 0.3) is 0 Å². The van der Waals surface area contributed by atoms with E-state index < -0.39 is 0 Å². The lowest BCUT2D eigenvalue weighted by molar-refractivity contribution is 0.101. The summed E-state index contributed by atoms with van der Waals surface area (Å²) < 4.78 is 5.69. The van der Waals surface area contributed by atoms with Gasteiger partial charge in [-0.3, -0.25) is 9.79 Å². The summed E-state index contributed by atoms with van der Waals surface area (Å²) in [7, 11) is 0. The van der Waals surface area contributed by atoms with Crippen LogP contribution >= 0.6 is 11.8 Å². The molecule has 5 heteroatoms. The Kier molecular flexibility index (Phi) is 4.68. The van der Waals surface area contributed by atoms with Crippen LogP contribution < -0.4 is 0 Å². The van der Waals surface area contributed by atoms with E-state index in [1.165, 1.54) is 18.7 Å². The first-order valence-electron chi connectivity index (χ1n) is 7.04. The maximum Gasteiger partial charge on any atom is 0.167 e. The van der Waals surface area contributed by atoms with Crippen LogP contribution in [-0.4, -0.2) is 17.0 Å². The van der Waals surface area contributed by atoms with Gasteiger partial charge in [-0.05, 0) is 55.1 Å². The summed E-state index contributed by atoms with van der Waals surface area (Å²) in [6.07, 6.45) is 3.39. The molecule has 0 unspecified atom stereocenters. The lowest BCUT2D eigenvalue weighted by Gasteiger charge is -1.97. The number of furan rings is 1. The molecule has 2 aromatic heterocycles. The molecule has 0 amide bonds. The molecule has 0 aliphatic heterocycles. The Hall–Kier alpha value is -2.66. The van der Waals surface area contributed by atoms with E-state index in [1.54, 1.807) is 24.5 Å². The van der Waals surface area contributed by atoms with Crippen LogP contribution in [0.15, 0.2) is 80.3 Å². The maximum atomic E-state index is 11.4. The average Bonchev–Trinajstić information content (AvgIpc) is 3.01. The summed E-state index contributed by atoms with van der Waals surface area (Å²) in [4.78, 5) is 20.0. The minimum absolute atomic E-state index is 0.0223. The minimum atomic E-state index is 0.0223. The molecule has 0 atom stereocenters. The first kappa shape index (κ1) is 15.2. The normalized spacial score (nSPS) is 11.0. The molecular weight excluding hydrogens is 308 g/mol. The Morgan fingerprint density at radius 2 is 2.09 bits per heavy atom. The molecule has 0 radical (unpaired) electrons. The highest BCUT2D eigenvalue weighted by molar-refractivity contribution is 7.99. The van der Waals surface area contributed by atoms with Crippen LogP contribution in [0, 0.1) is 0 Å². The molecule has 0 spiro atoms. The van der Waals surface area contributed by atoms with Crippen LogP contribution in [-0.2, 0) is 0 Å². The van der Waals surface area contributed by atoms with Crippen molar-refractivity contribution < 1.29 is 9.21 Å². The molecule has 0 aliphatic carbocycles. The number of carbonyl (C=O) groups is 1. The molecule has 0 bridgehead atoms. The molecule has 23 heavy (non-hydrogen) atoms. The number of nitrogens with zero attached hydrogens (tertiary/aromatic N) is 2. The third kappa shape index (κ3) is 4.17. The van der Waals surface area contributed by atoms with Gasteiger partial charge in [-0.25, -0.2) is 4.98 Å². The predicted octanol–water partition coefficient (Wildman–Crippen LogP) is 4.78. The summed E-state index contributed by atoms with van der Waals surface area (Å²) in [6.45, 7) is 1.54. The predicted molar refractivity (Wildman–Crippen MR) is 90.8 cm³/mol. The molecule has 0 fully saturated rings. The Bertz CT molecular complexity index is 841. The summed E-state index contributed by atoms with van der Waals surface area (Å²) in [5, 5.41) is 1.63. The second kappa shape index (κ2) is 7.07. The number of aromatic nitrogens is 1. The minimum Gasteiger partial charge on any atom is -0.448 e. The second-order valence-corrected chi connectivity index (χ2v) is 5.82. The second-order valence-electron chi connectivity index (χ2n) is 4.79. The van der Waals surface area contributed by atoms with E-state index in [2.05, 4.69) is 9.98 Å². The van der Waals surface area contributed by atoms with Crippen molar-refractivity contribution in [2.24, 2.45) is 4.99 Å². The van der Waals surface area contributed by atoms with Crippen LogP contribution in [0.5, 0.6) is 0 Å². The van der Waals surface area contributed by atoms with Gasteiger partial charge in [-0.1, -0.05) is 18.2 Å². The number of rotatable bonds is 5. The average molecular weight is 322 g/mol. The van der Waals surface area contributed by atoms with Gasteiger partial charge in [0.15, 0.2) is 10.9 Å². The van der Waals surface area contributed by atoms with Crippen molar-refractivity contribution in [2.45, 2.75) is 17.0 Å². The number of carbonyl (C=O) groups excluding carboxylic acids is 1. The first-order valence-corrected chi connectivity index (χ1v) is 7.86. The van der Waals surface area contributed by atoms with Crippen molar-refractivity contribution in [3.8, 4) is 0 Å². The Morgan fingerprint density at radius 3 is 2.87 bits per heavy atom. The highest BCUT2D eigenvalue weighted by atomic mass is 32.2. The Morgan fingerprint density at radius 1 is 1.17 bits per heavy atom. The van der Waals surface area contributed by atoms with E-state index >= 15 is 0 Å². The van der Waals surface area contributed by atoms with Gasteiger partial charge in [-0.2, -0.15) is 0 Å². The van der Waals surface area contributed by atoms with Gasteiger partial charge in [-0.15, -0.1) is 0 Å². The molecule has 0 aliphatic rings. The van der Waals surface area contributed by atoms with Gasteiger partial charge in [0.1, 0.15) is 10.8 Å². The number of pyridine rings is 1. The molecule has 4 nitrogen and oxygen atoms in total. The number of Topliss-reactive ketones (excluding diaryl/α,β-unsaturated/α-hetero) is 1. The summed E-state index contributed by atoms with van der Waals surface area (Å²) in [5.41, 5.74) is 1.36. The van der Waals surface area contributed by atoms with Gasteiger partial charge < -0.3 is 4.42 Å². The molecule has 3 rings (SSSR count). The quantitative estimate of drug-likeness (QED) is 0.501. The van der Waals surface area contributed by atoms with Crippen molar-refractivity contribution >= 4 is 29.4 Å². The highest BCUT2D eigenvalue weighted by Gasteiger charge is 2.04. The number of hydrogen-bond acceptors (Lipinski definition) is 5. The van der Waals surface area contributed by atoms with Crippen LogP contribution in [0.25, 0.3) is 0 Å². The topological polar surface area (TPSA) is 55.5 Å². The zero-order chi connectivity index (χ0) is 16.1. The monoisotopic (exact) mass is 322 g/mol. The maximum absolute atomic E-state index is 11.4. The zero-order valence-corrected chi connectivity index (χ0v) is 13.3. The highest BCUT2D eigenvalue weighted by Crippen LogP contribution is 2.27. The van der Waals surface area contributed by atoms with Crippen molar-refractivity contribution in [1.29, 1.82) is 0 Å². The van der Waals surface area contributed by atoms with Gasteiger partial charge >= 0.3 is 0 Å². The Labute approximate surface area is 138 Å². The zero-order valence-electron chi connectivity index (χ0n) is 12.5. The number of aliphatic imine (C=N–C) groups is 1. The standard InChI is InChI=1S/C18H14N2O2S/c1-13(21)14-5-4-6-15(11-14)20-12-16-8-9-18(22-16)23-17-7-2-3-10-19-17/h2-12H,1H3. The number of benzene rings is 1. The van der Waals surface area contributed by atoms with Gasteiger partial charge in [0, 0.05) is 11.8 Å². The molecule has 2 heterocycles. The Balaban J connectivity index is 1.71. The molecule has 114 valence electrons. The molecule has 0 saturated heterocycles. The fourth-order valence-corrected chi connectivity index (χ4v) is 2.65. The third-order valence-electron chi connectivity index (χ3n) is 3.04. The van der Waals surface area contributed by atoms with Crippen molar-refractivity contribution in [3.63, 3.8) is 0 Å². The molecule has 0 N–H and O–H groups in total. The van der Waals surface area contributed by atoms with Gasteiger partial charge in [0.05, 0.1) is 11.9 Å². The third-order valence-corrected chi connectivity index (χ3v) is 3.91. The largest absolute Gasteiger partial charge is 0.448 e. The SMILES string of the molecule is CC(=O)c1cccc(N=Cc2ccc(Sc3ccccn3)o2)c1. The summed E-state index contributed by atoms with van der Waals surface area (Å²) >= 11 is 1.45.